The van der Waals surface area contributed by atoms with Crippen molar-refractivity contribution in [1.82, 2.24) is 0 Å². The summed E-state index contributed by atoms with van der Waals surface area (Å²) < 4.78 is 5.20. The third-order valence-corrected chi connectivity index (χ3v) is 3.91. The number of ketones is 1. The van der Waals surface area contributed by atoms with Gasteiger partial charge in [0.2, 0.25) is 0 Å². The molecule has 0 N–H and O–H groups in total. The van der Waals surface area contributed by atoms with E-state index in [-0.39, 0.29) is 11.8 Å². The Morgan fingerprint density at radius 1 is 1.32 bits per heavy atom. The maximum Gasteiger partial charge on any atom is 0.324 e. The van der Waals surface area contributed by atoms with Crippen molar-refractivity contribution in [3.05, 3.63) is 35.4 Å². The molecule has 0 bridgehead atoms. The SMILES string of the molecule is CCOC(=O)C1(c2ccccc2C)CCCCC1=O. The van der Waals surface area contributed by atoms with Gasteiger partial charge in [0.15, 0.2) is 11.2 Å². The molecule has 0 aromatic heterocycles. The van der Waals surface area contributed by atoms with Gasteiger partial charge >= 0.3 is 5.97 Å². The zero-order chi connectivity index (χ0) is 13.9. The molecule has 1 aliphatic rings. The highest BCUT2D eigenvalue weighted by atomic mass is 16.5. The fourth-order valence-electron chi connectivity index (χ4n) is 2.95. The molecule has 1 aliphatic carbocycles. The smallest absolute Gasteiger partial charge is 0.324 e. The number of esters is 1. The van der Waals surface area contributed by atoms with Gasteiger partial charge in [-0.3, -0.25) is 9.59 Å². The third-order valence-electron chi connectivity index (χ3n) is 3.91. The maximum absolute atomic E-state index is 12.5. The summed E-state index contributed by atoms with van der Waals surface area (Å²) in [6.07, 6.45) is 2.79. The highest BCUT2D eigenvalue weighted by Gasteiger charge is 2.49. The van der Waals surface area contributed by atoms with Crippen LogP contribution in [0.5, 0.6) is 0 Å². The lowest BCUT2D eigenvalue weighted by atomic mass is 9.67. The van der Waals surface area contributed by atoms with E-state index in [1.807, 2.05) is 31.2 Å². The Hall–Kier alpha value is -1.64. The maximum atomic E-state index is 12.5. The lowest BCUT2D eigenvalue weighted by Gasteiger charge is -2.34. The number of hydrogen-bond donors (Lipinski definition) is 0. The first kappa shape index (κ1) is 13.8. The second kappa shape index (κ2) is 5.55. The van der Waals surface area contributed by atoms with Crippen LogP contribution in [0.1, 0.15) is 43.7 Å². The Balaban J connectivity index is 2.54. The van der Waals surface area contributed by atoms with Gasteiger partial charge in [0.25, 0.3) is 0 Å². The molecule has 19 heavy (non-hydrogen) atoms. The van der Waals surface area contributed by atoms with E-state index >= 15 is 0 Å². The number of carbonyl (C=O) groups is 2. The van der Waals surface area contributed by atoms with E-state index in [4.69, 9.17) is 4.74 Å². The van der Waals surface area contributed by atoms with Crippen molar-refractivity contribution in [3.63, 3.8) is 0 Å². The van der Waals surface area contributed by atoms with Gasteiger partial charge in [0, 0.05) is 6.42 Å². The number of Topliss-reactive ketones (excluding diaryl/α,β-unsaturated/α-hetero) is 1. The van der Waals surface area contributed by atoms with Gasteiger partial charge in [-0.05, 0) is 37.8 Å². The van der Waals surface area contributed by atoms with E-state index in [0.717, 1.165) is 24.0 Å². The van der Waals surface area contributed by atoms with Crippen LogP contribution in [-0.2, 0) is 19.7 Å². The van der Waals surface area contributed by atoms with Crippen molar-refractivity contribution in [2.24, 2.45) is 0 Å². The Morgan fingerprint density at radius 2 is 2.05 bits per heavy atom. The van der Waals surface area contributed by atoms with E-state index < -0.39 is 5.41 Å². The number of hydrogen-bond acceptors (Lipinski definition) is 3. The summed E-state index contributed by atoms with van der Waals surface area (Å²) in [6, 6.07) is 7.63. The van der Waals surface area contributed by atoms with Crippen molar-refractivity contribution in [2.75, 3.05) is 6.61 Å². The molecular weight excluding hydrogens is 240 g/mol. The molecule has 0 aliphatic heterocycles. The predicted molar refractivity (Wildman–Crippen MR) is 73.0 cm³/mol. The largest absolute Gasteiger partial charge is 0.465 e. The Bertz CT molecular complexity index is 493. The van der Waals surface area contributed by atoms with E-state index in [1.165, 1.54) is 0 Å². The molecule has 1 aromatic rings. The minimum atomic E-state index is -1.07. The fraction of sp³-hybridized carbons (Fsp3) is 0.500. The summed E-state index contributed by atoms with van der Waals surface area (Å²) in [5.74, 6) is -0.375. The first-order chi connectivity index (χ1) is 9.13. The molecule has 0 radical (unpaired) electrons. The van der Waals surface area contributed by atoms with Crippen LogP contribution in [0.15, 0.2) is 24.3 Å². The van der Waals surface area contributed by atoms with Crippen LogP contribution in [0.3, 0.4) is 0 Å². The summed E-state index contributed by atoms with van der Waals surface area (Å²) in [5.41, 5.74) is 0.725. The standard InChI is InChI=1S/C16H20O3/c1-3-19-15(18)16(11-7-6-10-14(16)17)13-9-5-4-8-12(13)2/h4-5,8-9H,3,6-7,10-11H2,1-2H3. The van der Waals surface area contributed by atoms with Crippen LogP contribution < -0.4 is 0 Å². The van der Waals surface area contributed by atoms with E-state index in [9.17, 15) is 9.59 Å². The summed E-state index contributed by atoms with van der Waals surface area (Å²) in [4.78, 5) is 24.9. The van der Waals surface area contributed by atoms with E-state index in [2.05, 4.69) is 0 Å². The average Bonchev–Trinajstić information content (AvgIpc) is 2.41. The summed E-state index contributed by atoms with van der Waals surface area (Å²) in [7, 11) is 0. The van der Waals surface area contributed by atoms with Gasteiger partial charge in [0.1, 0.15) is 0 Å². The van der Waals surface area contributed by atoms with Crippen LogP contribution in [-0.4, -0.2) is 18.4 Å². The molecule has 2 rings (SSSR count). The quantitative estimate of drug-likeness (QED) is 0.620. The van der Waals surface area contributed by atoms with Crippen molar-refractivity contribution in [2.45, 2.75) is 44.9 Å². The van der Waals surface area contributed by atoms with Gasteiger partial charge in [-0.25, -0.2) is 0 Å². The number of carbonyl (C=O) groups excluding carboxylic acids is 2. The lowest BCUT2D eigenvalue weighted by molar-refractivity contribution is -0.155. The number of benzene rings is 1. The second-order valence-corrected chi connectivity index (χ2v) is 5.07. The number of rotatable bonds is 3. The van der Waals surface area contributed by atoms with Crippen LogP contribution in [0.2, 0.25) is 0 Å². The zero-order valence-corrected chi connectivity index (χ0v) is 11.6. The molecule has 3 nitrogen and oxygen atoms in total. The van der Waals surface area contributed by atoms with Gasteiger partial charge in [-0.1, -0.05) is 30.7 Å². The van der Waals surface area contributed by atoms with Gasteiger partial charge in [-0.15, -0.1) is 0 Å². The van der Waals surface area contributed by atoms with E-state index in [1.54, 1.807) is 6.92 Å². The average molecular weight is 260 g/mol. The number of ether oxygens (including phenoxy) is 1. The first-order valence-electron chi connectivity index (χ1n) is 6.89. The molecule has 1 unspecified atom stereocenters. The number of aryl methyl sites for hydroxylation is 1. The van der Waals surface area contributed by atoms with E-state index in [0.29, 0.717) is 19.4 Å². The minimum absolute atomic E-state index is 0.00602. The molecule has 0 spiro atoms. The second-order valence-electron chi connectivity index (χ2n) is 5.07. The monoisotopic (exact) mass is 260 g/mol. The van der Waals surface area contributed by atoms with Crippen LogP contribution >= 0.6 is 0 Å². The van der Waals surface area contributed by atoms with Crippen molar-refractivity contribution >= 4 is 11.8 Å². The molecule has 1 atom stereocenters. The topological polar surface area (TPSA) is 43.4 Å². The van der Waals surface area contributed by atoms with Crippen LogP contribution in [0.4, 0.5) is 0 Å². The first-order valence-corrected chi connectivity index (χ1v) is 6.89. The molecule has 0 heterocycles. The minimum Gasteiger partial charge on any atom is -0.465 e. The Morgan fingerprint density at radius 3 is 2.68 bits per heavy atom. The van der Waals surface area contributed by atoms with Gasteiger partial charge in [0.05, 0.1) is 6.61 Å². The molecule has 1 aromatic carbocycles. The van der Waals surface area contributed by atoms with Gasteiger partial charge in [-0.2, -0.15) is 0 Å². The molecule has 102 valence electrons. The molecular formula is C16H20O3. The molecule has 1 fully saturated rings. The van der Waals surface area contributed by atoms with Crippen molar-refractivity contribution in [3.8, 4) is 0 Å². The van der Waals surface area contributed by atoms with Crippen LogP contribution in [0, 0.1) is 6.92 Å². The summed E-state index contributed by atoms with van der Waals surface area (Å²) in [6.45, 7) is 4.02. The van der Waals surface area contributed by atoms with Crippen molar-refractivity contribution in [1.29, 1.82) is 0 Å². The molecule has 1 saturated carbocycles. The normalized spacial score (nSPS) is 23.2. The van der Waals surface area contributed by atoms with Crippen molar-refractivity contribution < 1.29 is 14.3 Å². The summed E-state index contributed by atoms with van der Waals surface area (Å²) >= 11 is 0. The highest BCUT2D eigenvalue weighted by Crippen LogP contribution is 2.39. The third kappa shape index (κ3) is 2.29. The highest BCUT2D eigenvalue weighted by molar-refractivity contribution is 6.10. The molecule has 0 amide bonds. The summed E-state index contributed by atoms with van der Waals surface area (Å²) in [5, 5.41) is 0. The predicted octanol–water partition coefficient (Wildman–Crippen LogP) is 2.94. The molecule has 3 heteroatoms. The van der Waals surface area contributed by atoms with Crippen LogP contribution in [0.25, 0.3) is 0 Å². The van der Waals surface area contributed by atoms with Gasteiger partial charge < -0.3 is 4.74 Å². The zero-order valence-electron chi connectivity index (χ0n) is 11.6. The lowest BCUT2D eigenvalue weighted by Crippen LogP contribution is -2.47. The fourth-order valence-corrected chi connectivity index (χ4v) is 2.95. The Kier molecular flexibility index (Phi) is 4.03. The Labute approximate surface area is 114 Å². The molecule has 0 saturated heterocycles.